The highest BCUT2D eigenvalue weighted by molar-refractivity contribution is 7.91. The highest BCUT2D eigenvalue weighted by Crippen LogP contribution is 2.34. The molecule has 0 N–H and O–H groups in total. The van der Waals surface area contributed by atoms with E-state index in [1.54, 1.807) is 12.1 Å². The lowest BCUT2D eigenvalue weighted by molar-refractivity contribution is -0.132. The molecule has 4 rings (SSSR count). The van der Waals surface area contributed by atoms with Gasteiger partial charge in [0.05, 0.1) is 9.60 Å². The lowest BCUT2D eigenvalue weighted by Crippen LogP contribution is -2.49. The van der Waals surface area contributed by atoms with Gasteiger partial charge in [0.2, 0.25) is 5.91 Å². The number of hydrogen-bond acceptors (Lipinski definition) is 6. The van der Waals surface area contributed by atoms with E-state index < -0.39 is 9.84 Å². The second-order valence-electron chi connectivity index (χ2n) is 6.46. The van der Waals surface area contributed by atoms with Crippen molar-refractivity contribution in [3.8, 4) is 0 Å². The Morgan fingerprint density at radius 1 is 1.21 bits per heavy atom. The van der Waals surface area contributed by atoms with Gasteiger partial charge in [-0.3, -0.25) is 4.79 Å². The molecule has 1 saturated carbocycles. The summed E-state index contributed by atoms with van der Waals surface area (Å²) in [7, 11) is -3.30. The van der Waals surface area contributed by atoms with Gasteiger partial charge in [-0.2, -0.15) is 0 Å². The van der Waals surface area contributed by atoms with Gasteiger partial charge < -0.3 is 9.80 Å². The maximum Gasteiger partial charge on any atom is 0.225 e. The molecule has 6 nitrogen and oxygen atoms in total. The molecule has 0 radical (unpaired) electrons. The number of para-hydroxylation sites is 1. The Balaban J connectivity index is 1.56. The number of nitrogens with zero attached hydrogens (tertiary/aromatic N) is 3. The van der Waals surface area contributed by atoms with Crippen LogP contribution in [0.5, 0.6) is 0 Å². The Morgan fingerprint density at radius 3 is 2.54 bits per heavy atom. The van der Waals surface area contributed by atoms with Crippen molar-refractivity contribution in [2.24, 2.45) is 5.92 Å². The first kappa shape index (κ1) is 15.8. The number of thiazole rings is 1. The van der Waals surface area contributed by atoms with Crippen molar-refractivity contribution in [1.29, 1.82) is 0 Å². The van der Waals surface area contributed by atoms with Crippen LogP contribution in [0.2, 0.25) is 0 Å². The van der Waals surface area contributed by atoms with Crippen LogP contribution in [-0.2, 0) is 14.6 Å². The fourth-order valence-corrected chi connectivity index (χ4v) is 4.99. The van der Waals surface area contributed by atoms with Crippen molar-refractivity contribution in [1.82, 2.24) is 9.88 Å². The van der Waals surface area contributed by atoms with Crippen LogP contribution >= 0.6 is 11.3 Å². The van der Waals surface area contributed by atoms with Crippen LogP contribution < -0.4 is 4.90 Å². The van der Waals surface area contributed by atoms with E-state index >= 15 is 0 Å². The fraction of sp³-hybridized carbons (Fsp3) is 0.500. The summed E-state index contributed by atoms with van der Waals surface area (Å²) in [6.45, 7) is 2.91. The third-order valence-electron chi connectivity index (χ3n) is 4.56. The van der Waals surface area contributed by atoms with E-state index in [1.807, 2.05) is 11.0 Å². The summed E-state index contributed by atoms with van der Waals surface area (Å²) >= 11 is 1.51. The summed E-state index contributed by atoms with van der Waals surface area (Å²) in [5, 5.41) is 0.833. The fourth-order valence-electron chi connectivity index (χ4n) is 3.05. The molecular formula is C16H19N3O3S2. The van der Waals surface area contributed by atoms with Crippen molar-refractivity contribution in [3.63, 3.8) is 0 Å². The molecule has 0 bridgehead atoms. The van der Waals surface area contributed by atoms with E-state index in [-0.39, 0.29) is 10.8 Å². The highest BCUT2D eigenvalue weighted by Gasteiger charge is 2.35. The van der Waals surface area contributed by atoms with Crippen LogP contribution in [0.1, 0.15) is 12.8 Å². The number of sulfone groups is 1. The van der Waals surface area contributed by atoms with Crippen molar-refractivity contribution in [2.75, 3.05) is 37.3 Å². The first-order chi connectivity index (χ1) is 11.4. The van der Waals surface area contributed by atoms with Crippen LogP contribution in [0.4, 0.5) is 5.13 Å². The second kappa shape index (κ2) is 5.70. The summed E-state index contributed by atoms with van der Waals surface area (Å²) in [5.74, 6) is 0.551. The minimum Gasteiger partial charge on any atom is -0.345 e. The normalized spacial score (nSPS) is 19.0. The van der Waals surface area contributed by atoms with Crippen LogP contribution in [0.25, 0.3) is 10.2 Å². The number of rotatable bonds is 3. The van der Waals surface area contributed by atoms with Gasteiger partial charge in [0.15, 0.2) is 15.0 Å². The van der Waals surface area contributed by atoms with Gasteiger partial charge in [0, 0.05) is 38.4 Å². The van der Waals surface area contributed by atoms with E-state index in [1.165, 1.54) is 17.6 Å². The molecular weight excluding hydrogens is 346 g/mol. The predicted molar refractivity (Wildman–Crippen MR) is 94.2 cm³/mol. The molecule has 1 aromatic carbocycles. The van der Waals surface area contributed by atoms with Gasteiger partial charge in [-0.05, 0) is 25.0 Å². The SMILES string of the molecule is CS(=O)(=O)c1cccc2sc(N3CCN(C(=O)C4CC4)CC3)nc12. The molecule has 0 atom stereocenters. The summed E-state index contributed by atoms with van der Waals surface area (Å²) in [5.41, 5.74) is 0.552. The summed E-state index contributed by atoms with van der Waals surface area (Å²) in [6.07, 6.45) is 3.28. The zero-order chi connectivity index (χ0) is 16.9. The number of fused-ring (bicyclic) bond motifs is 1. The molecule has 1 saturated heterocycles. The molecule has 2 aliphatic rings. The van der Waals surface area contributed by atoms with Gasteiger partial charge in [-0.1, -0.05) is 17.4 Å². The lowest BCUT2D eigenvalue weighted by Gasteiger charge is -2.34. The van der Waals surface area contributed by atoms with Crippen LogP contribution in [0.15, 0.2) is 23.1 Å². The minimum atomic E-state index is -3.30. The van der Waals surface area contributed by atoms with Gasteiger partial charge in [-0.15, -0.1) is 0 Å². The molecule has 2 heterocycles. The third-order valence-corrected chi connectivity index (χ3v) is 6.77. The molecule has 1 aromatic heterocycles. The first-order valence-electron chi connectivity index (χ1n) is 8.07. The Labute approximate surface area is 145 Å². The molecule has 128 valence electrons. The molecule has 1 amide bonds. The number of hydrogen-bond donors (Lipinski definition) is 0. The predicted octanol–water partition coefficient (Wildman–Crippen LogP) is 1.76. The number of benzene rings is 1. The molecule has 0 spiro atoms. The van der Waals surface area contributed by atoms with Crippen molar-refractivity contribution < 1.29 is 13.2 Å². The Hall–Kier alpha value is -1.67. The molecule has 2 fully saturated rings. The van der Waals surface area contributed by atoms with Crippen molar-refractivity contribution in [3.05, 3.63) is 18.2 Å². The number of amides is 1. The Morgan fingerprint density at radius 2 is 1.92 bits per heavy atom. The number of aromatic nitrogens is 1. The number of carbonyl (C=O) groups is 1. The monoisotopic (exact) mass is 365 g/mol. The maximum atomic E-state index is 12.1. The average Bonchev–Trinajstić information content (AvgIpc) is 3.31. The molecule has 24 heavy (non-hydrogen) atoms. The van der Waals surface area contributed by atoms with Gasteiger partial charge >= 0.3 is 0 Å². The molecule has 0 unspecified atom stereocenters. The summed E-state index contributed by atoms with van der Waals surface area (Å²) < 4.78 is 24.7. The largest absolute Gasteiger partial charge is 0.345 e. The van der Waals surface area contributed by atoms with Crippen LogP contribution in [0, 0.1) is 5.92 Å². The minimum absolute atomic E-state index is 0.260. The van der Waals surface area contributed by atoms with E-state index in [2.05, 4.69) is 9.88 Å². The quantitative estimate of drug-likeness (QED) is 0.829. The van der Waals surface area contributed by atoms with Crippen LogP contribution in [0.3, 0.4) is 0 Å². The average molecular weight is 365 g/mol. The van der Waals surface area contributed by atoms with Gasteiger partial charge in [-0.25, -0.2) is 13.4 Å². The second-order valence-corrected chi connectivity index (χ2v) is 9.45. The van der Waals surface area contributed by atoms with Gasteiger partial charge in [0.1, 0.15) is 5.52 Å². The maximum absolute atomic E-state index is 12.1. The number of piperazine rings is 1. The topological polar surface area (TPSA) is 70.6 Å². The van der Waals surface area contributed by atoms with Crippen LogP contribution in [-0.4, -0.2) is 56.6 Å². The van der Waals surface area contributed by atoms with E-state index in [0.717, 1.165) is 35.8 Å². The summed E-state index contributed by atoms with van der Waals surface area (Å²) in [6, 6.07) is 5.26. The number of anilines is 1. The molecule has 2 aromatic rings. The third kappa shape index (κ3) is 2.88. The van der Waals surface area contributed by atoms with Gasteiger partial charge in [0.25, 0.3) is 0 Å². The van der Waals surface area contributed by atoms with E-state index in [9.17, 15) is 13.2 Å². The number of carbonyl (C=O) groups excluding carboxylic acids is 1. The highest BCUT2D eigenvalue weighted by atomic mass is 32.2. The van der Waals surface area contributed by atoms with Crippen molar-refractivity contribution in [2.45, 2.75) is 17.7 Å². The van der Waals surface area contributed by atoms with E-state index in [4.69, 9.17) is 0 Å². The Kier molecular flexibility index (Phi) is 3.76. The molecule has 1 aliphatic carbocycles. The standard InChI is InChI=1S/C16H19N3O3S2/c1-24(21,22)13-4-2-3-12-14(13)17-16(23-12)19-9-7-18(8-10-19)15(20)11-5-6-11/h2-4,11H,5-10H2,1H3. The zero-order valence-corrected chi connectivity index (χ0v) is 15.1. The molecule has 8 heteroatoms. The summed E-state index contributed by atoms with van der Waals surface area (Å²) in [4.78, 5) is 21.1. The zero-order valence-electron chi connectivity index (χ0n) is 13.4. The smallest absolute Gasteiger partial charge is 0.225 e. The van der Waals surface area contributed by atoms with Crippen molar-refractivity contribution >= 4 is 42.4 Å². The Bertz CT molecular complexity index is 894. The first-order valence-corrected chi connectivity index (χ1v) is 10.8. The lowest BCUT2D eigenvalue weighted by atomic mass is 10.3. The molecule has 1 aliphatic heterocycles. The van der Waals surface area contributed by atoms with E-state index in [0.29, 0.717) is 24.5 Å².